The van der Waals surface area contributed by atoms with Crippen molar-refractivity contribution in [1.82, 2.24) is 9.97 Å². The molecule has 0 fully saturated rings. The lowest BCUT2D eigenvalue weighted by Gasteiger charge is -2.05. The van der Waals surface area contributed by atoms with E-state index in [-0.39, 0.29) is 17.3 Å². The molecule has 90 valence electrons. The fourth-order valence-electron chi connectivity index (χ4n) is 1.41. The van der Waals surface area contributed by atoms with Crippen LogP contribution >= 0.6 is 0 Å². The van der Waals surface area contributed by atoms with Crippen LogP contribution in [0.4, 0.5) is 8.78 Å². The predicted molar refractivity (Wildman–Crippen MR) is 58.7 cm³/mol. The average Bonchev–Trinajstić information content (AvgIpc) is 2.39. The van der Waals surface area contributed by atoms with Crippen LogP contribution in [0.25, 0.3) is 11.4 Å². The minimum atomic E-state index is -0.981. The van der Waals surface area contributed by atoms with Gasteiger partial charge in [-0.1, -0.05) is 0 Å². The molecule has 0 unspecified atom stereocenters. The van der Waals surface area contributed by atoms with E-state index >= 15 is 0 Å². The standard InChI is InChI=1S/C12H7F2N3O/c1-18-10-4-5-16-12(17-10)7-2-3-9(13)8(6-15)11(7)14/h2-5H,1H3. The molecule has 0 spiro atoms. The Bertz CT molecular complexity index is 638. The Morgan fingerprint density at radius 2 is 2.06 bits per heavy atom. The van der Waals surface area contributed by atoms with Crippen LogP contribution in [0.5, 0.6) is 5.88 Å². The first-order valence-corrected chi connectivity index (χ1v) is 4.93. The lowest BCUT2D eigenvalue weighted by Crippen LogP contribution is -1.98. The molecule has 0 N–H and O–H groups in total. The van der Waals surface area contributed by atoms with Crippen molar-refractivity contribution in [3.63, 3.8) is 0 Å². The third kappa shape index (κ3) is 1.98. The number of hydrogen-bond acceptors (Lipinski definition) is 4. The summed E-state index contributed by atoms with van der Waals surface area (Å²) in [5.41, 5.74) is -0.703. The van der Waals surface area contributed by atoms with E-state index in [0.29, 0.717) is 0 Å². The third-order valence-electron chi connectivity index (χ3n) is 2.28. The number of nitrogens with zero attached hydrogens (tertiary/aromatic N) is 3. The van der Waals surface area contributed by atoms with Crippen molar-refractivity contribution in [3.8, 4) is 23.3 Å². The van der Waals surface area contributed by atoms with Crippen LogP contribution in [0.15, 0.2) is 24.4 Å². The van der Waals surface area contributed by atoms with Crippen LogP contribution in [-0.2, 0) is 0 Å². The van der Waals surface area contributed by atoms with Gasteiger partial charge in [-0.15, -0.1) is 0 Å². The Hall–Kier alpha value is -2.55. The van der Waals surface area contributed by atoms with Crippen molar-refractivity contribution >= 4 is 0 Å². The zero-order valence-corrected chi connectivity index (χ0v) is 9.32. The summed E-state index contributed by atoms with van der Waals surface area (Å²) in [5.74, 6) is -1.61. The van der Waals surface area contributed by atoms with Crippen molar-refractivity contribution in [2.75, 3.05) is 7.11 Å². The number of halogens is 2. The summed E-state index contributed by atoms with van der Waals surface area (Å²) in [4.78, 5) is 7.78. The number of rotatable bonds is 2. The second-order valence-electron chi connectivity index (χ2n) is 3.32. The van der Waals surface area contributed by atoms with Crippen molar-refractivity contribution in [1.29, 1.82) is 5.26 Å². The smallest absolute Gasteiger partial charge is 0.216 e. The lowest BCUT2D eigenvalue weighted by molar-refractivity contribution is 0.397. The lowest BCUT2D eigenvalue weighted by atomic mass is 10.1. The van der Waals surface area contributed by atoms with Gasteiger partial charge >= 0.3 is 0 Å². The number of benzene rings is 1. The molecule has 18 heavy (non-hydrogen) atoms. The number of aromatic nitrogens is 2. The number of hydrogen-bond donors (Lipinski definition) is 0. The molecule has 2 aromatic rings. The molecule has 0 saturated heterocycles. The summed E-state index contributed by atoms with van der Waals surface area (Å²) in [7, 11) is 1.41. The molecule has 0 saturated carbocycles. The van der Waals surface area contributed by atoms with Gasteiger partial charge in [0.1, 0.15) is 17.4 Å². The molecule has 0 aliphatic heterocycles. The van der Waals surface area contributed by atoms with Gasteiger partial charge < -0.3 is 4.74 Å². The highest BCUT2D eigenvalue weighted by molar-refractivity contribution is 5.59. The van der Waals surface area contributed by atoms with Gasteiger partial charge in [0.15, 0.2) is 11.6 Å². The first kappa shape index (κ1) is 11.9. The minimum absolute atomic E-state index is 0.0309. The molecule has 0 atom stereocenters. The predicted octanol–water partition coefficient (Wildman–Crippen LogP) is 2.30. The molecule has 0 aliphatic rings. The van der Waals surface area contributed by atoms with Crippen LogP contribution in [0.1, 0.15) is 5.56 Å². The molecule has 4 nitrogen and oxygen atoms in total. The van der Waals surface area contributed by atoms with Crippen molar-refractivity contribution in [2.45, 2.75) is 0 Å². The molecular weight excluding hydrogens is 240 g/mol. The topological polar surface area (TPSA) is 58.8 Å². The normalized spacial score (nSPS) is 9.89. The number of methoxy groups -OCH3 is 1. The van der Waals surface area contributed by atoms with Crippen LogP contribution in [0.2, 0.25) is 0 Å². The van der Waals surface area contributed by atoms with E-state index in [9.17, 15) is 8.78 Å². The van der Waals surface area contributed by atoms with Gasteiger partial charge in [-0.2, -0.15) is 10.2 Å². The zero-order chi connectivity index (χ0) is 13.1. The highest BCUT2D eigenvalue weighted by Crippen LogP contribution is 2.24. The van der Waals surface area contributed by atoms with E-state index in [1.54, 1.807) is 0 Å². The van der Waals surface area contributed by atoms with E-state index in [1.807, 2.05) is 0 Å². The van der Waals surface area contributed by atoms with Crippen molar-refractivity contribution in [3.05, 3.63) is 41.6 Å². The van der Waals surface area contributed by atoms with E-state index < -0.39 is 17.2 Å². The van der Waals surface area contributed by atoms with E-state index in [4.69, 9.17) is 10.00 Å². The fourth-order valence-corrected chi connectivity index (χ4v) is 1.41. The molecule has 1 aromatic heterocycles. The Morgan fingerprint density at radius 1 is 1.28 bits per heavy atom. The van der Waals surface area contributed by atoms with Gasteiger partial charge in [0, 0.05) is 12.3 Å². The summed E-state index contributed by atoms with van der Waals surface area (Å²) >= 11 is 0. The summed E-state index contributed by atoms with van der Waals surface area (Å²) in [6, 6.07) is 5.14. The number of ether oxygens (including phenoxy) is 1. The van der Waals surface area contributed by atoms with Crippen LogP contribution < -0.4 is 4.74 Å². The monoisotopic (exact) mass is 247 g/mol. The summed E-state index contributed by atoms with van der Waals surface area (Å²) in [5, 5.41) is 8.68. The SMILES string of the molecule is COc1ccnc(-c2ccc(F)c(C#N)c2F)n1. The largest absolute Gasteiger partial charge is 0.481 e. The maximum atomic E-state index is 13.9. The number of nitriles is 1. The van der Waals surface area contributed by atoms with Crippen molar-refractivity contribution in [2.24, 2.45) is 0 Å². The Morgan fingerprint density at radius 3 is 2.72 bits per heavy atom. The summed E-state index contributed by atoms with van der Waals surface area (Å²) in [6.45, 7) is 0. The van der Waals surface area contributed by atoms with Gasteiger partial charge in [0.25, 0.3) is 0 Å². The van der Waals surface area contributed by atoms with Gasteiger partial charge in [0.2, 0.25) is 5.88 Å². The van der Waals surface area contributed by atoms with Gasteiger partial charge in [-0.05, 0) is 12.1 Å². The second-order valence-corrected chi connectivity index (χ2v) is 3.32. The van der Waals surface area contributed by atoms with Gasteiger partial charge in [-0.3, -0.25) is 0 Å². The summed E-state index contributed by atoms with van der Waals surface area (Å²) in [6.07, 6.45) is 1.38. The highest BCUT2D eigenvalue weighted by atomic mass is 19.1. The van der Waals surface area contributed by atoms with Crippen molar-refractivity contribution < 1.29 is 13.5 Å². The first-order valence-electron chi connectivity index (χ1n) is 4.93. The van der Waals surface area contributed by atoms with E-state index in [1.165, 1.54) is 31.5 Å². The van der Waals surface area contributed by atoms with Crippen LogP contribution in [0.3, 0.4) is 0 Å². The van der Waals surface area contributed by atoms with Crippen LogP contribution in [-0.4, -0.2) is 17.1 Å². The Labute approximate surface area is 101 Å². The third-order valence-corrected chi connectivity index (χ3v) is 2.28. The maximum Gasteiger partial charge on any atom is 0.216 e. The van der Waals surface area contributed by atoms with E-state index in [2.05, 4.69) is 9.97 Å². The average molecular weight is 247 g/mol. The quantitative estimate of drug-likeness (QED) is 0.817. The maximum absolute atomic E-state index is 13.9. The summed E-state index contributed by atoms with van der Waals surface area (Å²) < 4.78 is 31.9. The molecule has 0 radical (unpaired) electrons. The molecule has 1 aromatic carbocycles. The van der Waals surface area contributed by atoms with Crippen LogP contribution in [0, 0.1) is 23.0 Å². The first-order chi connectivity index (χ1) is 8.67. The second kappa shape index (κ2) is 4.75. The molecule has 0 aliphatic carbocycles. The molecule has 0 bridgehead atoms. The molecule has 2 rings (SSSR count). The Balaban J connectivity index is 2.61. The van der Waals surface area contributed by atoms with Gasteiger partial charge in [0.05, 0.1) is 12.7 Å². The zero-order valence-electron chi connectivity index (χ0n) is 9.32. The minimum Gasteiger partial charge on any atom is -0.481 e. The molecule has 6 heteroatoms. The fraction of sp³-hybridized carbons (Fsp3) is 0.0833. The van der Waals surface area contributed by atoms with E-state index in [0.717, 1.165) is 6.07 Å². The molecular formula is C12H7F2N3O. The Kier molecular flexibility index (Phi) is 3.15. The highest BCUT2D eigenvalue weighted by Gasteiger charge is 2.16. The molecule has 0 amide bonds. The van der Waals surface area contributed by atoms with Gasteiger partial charge in [-0.25, -0.2) is 13.8 Å². The molecule has 1 heterocycles.